The maximum absolute atomic E-state index is 13.0. The first-order valence-electron chi connectivity index (χ1n) is 8.64. The van der Waals surface area contributed by atoms with Crippen LogP contribution in [0.1, 0.15) is 42.4 Å². The molecule has 0 bridgehead atoms. The van der Waals surface area contributed by atoms with Crippen molar-refractivity contribution in [3.8, 4) is 5.82 Å². The zero-order chi connectivity index (χ0) is 18.5. The number of hydrogen-bond donors (Lipinski definition) is 0. The van der Waals surface area contributed by atoms with Crippen molar-refractivity contribution in [3.63, 3.8) is 0 Å². The molecule has 1 aromatic carbocycles. The van der Waals surface area contributed by atoms with E-state index >= 15 is 0 Å². The van der Waals surface area contributed by atoms with Crippen molar-refractivity contribution in [2.45, 2.75) is 39.4 Å². The van der Waals surface area contributed by atoms with E-state index in [1.807, 2.05) is 53.7 Å². The number of benzene rings is 1. The molecule has 5 nitrogen and oxygen atoms in total. The van der Waals surface area contributed by atoms with Crippen LogP contribution in [0.4, 0.5) is 0 Å². The molecule has 0 fully saturated rings. The average molecular weight is 460 g/mol. The minimum atomic E-state index is -0.131. The molecule has 0 aliphatic carbocycles. The average Bonchev–Trinajstić information content (AvgIpc) is 3.29. The standard InChI is InChI=1S/C20H21IN4O/c1-20(2,3)25-18(23-10-6-7-11-23)15-12-24(13-17(15)22-25)19(26)14-8-4-5-9-16(14)21/h4-11H,12-13H2,1-3H3. The van der Waals surface area contributed by atoms with Gasteiger partial charge in [0.1, 0.15) is 5.82 Å². The number of rotatable bonds is 2. The molecule has 26 heavy (non-hydrogen) atoms. The first kappa shape index (κ1) is 17.3. The van der Waals surface area contributed by atoms with Crippen LogP contribution in [-0.4, -0.2) is 25.2 Å². The van der Waals surface area contributed by atoms with Crippen molar-refractivity contribution in [3.05, 3.63) is 69.2 Å². The Labute approximate surface area is 166 Å². The lowest BCUT2D eigenvalue weighted by Crippen LogP contribution is -2.30. The van der Waals surface area contributed by atoms with Gasteiger partial charge in [-0.2, -0.15) is 5.10 Å². The van der Waals surface area contributed by atoms with E-state index in [4.69, 9.17) is 5.10 Å². The van der Waals surface area contributed by atoms with Gasteiger partial charge in [0.05, 0.1) is 29.9 Å². The first-order chi connectivity index (χ1) is 12.4. The maximum Gasteiger partial charge on any atom is 0.255 e. The van der Waals surface area contributed by atoms with Crippen molar-refractivity contribution >= 4 is 28.5 Å². The number of hydrogen-bond acceptors (Lipinski definition) is 2. The molecule has 0 saturated carbocycles. The SMILES string of the molecule is CC(C)(C)n1nc2c(c1-n1cccc1)CN(C(=O)c1ccccc1I)C2. The van der Waals surface area contributed by atoms with Gasteiger partial charge in [-0.15, -0.1) is 0 Å². The van der Waals surface area contributed by atoms with Gasteiger partial charge in [0.25, 0.3) is 5.91 Å². The van der Waals surface area contributed by atoms with Crippen molar-refractivity contribution < 1.29 is 4.79 Å². The van der Waals surface area contributed by atoms with Crippen LogP contribution in [0.15, 0.2) is 48.8 Å². The Hall–Kier alpha value is -2.09. The lowest BCUT2D eigenvalue weighted by atomic mass is 10.1. The van der Waals surface area contributed by atoms with Crippen LogP contribution < -0.4 is 0 Å². The highest BCUT2D eigenvalue weighted by Crippen LogP contribution is 2.33. The lowest BCUT2D eigenvalue weighted by molar-refractivity contribution is 0.0747. The minimum Gasteiger partial charge on any atom is -0.328 e. The van der Waals surface area contributed by atoms with Crippen LogP contribution in [0.3, 0.4) is 0 Å². The van der Waals surface area contributed by atoms with E-state index in [1.165, 1.54) is 0 Å². The normalized spacial score (nSPS) is 13.9. The van der Waals surface area contributed by atoms with E-state index in [9.17, 15) is 4.79 Å². The van der Waals surface area contributed by atoms with E-state index in [2.05, 4.69) is 52.6 Å². The molecule has 4 rings (SSSR count). The van der Waals surface area contributed by atoms with Gasteiger partial charge >= 0.3 is 0 Å². The Morgan fingerprint density at radius 1 is 1.08 bits per heavy atom. The molecule has 1 aliphatic heterocycles. The molecule has 2 aromatic heterocycles. The molecule has 0 saturated heterocycles. The molecule has 0 unspecified atom stereocenters. The number of halogens is 1. The van der Waals surface area contributed by atoms with Crippen LogP contribution in [0.25, 0.3) is 5.82 Å². The van der Waals surface area contributed by atoms with Crippen molar-refractivity contribution in [2.75, 3.05) is 0 Å². The Morgan fingerprint density at radius 3 is 2.42 bits per heavy atom. The van der Waals surface area contributed by atoms with Crippen LogP contribution in [0.2, 0.25) is 0 Å². The second-order valence-electron chi connectivity index (χ2n) is 7.56. The second kappa shape index (κ2) is 6.26. The number of nitrogens with zero attached hydrogens (tertiary/aromatic N) is 4. The molecule has 0 radical (unpaired) electrons. The summed E-state index contributed by atoms with van der Waals surface area (Å²) >= 11 is 2.22. The number of carbonyl (C=O) groups excluding carboxylic acids is 1. The summed E-state index contributed by atoms with van der Waals surface area (Å²) < 4.78 is 5.15. The minimum absolute atomic E-state index is 0.0637. The highest BCUT2D eigenvalue weighted by molar-refractivity contribution is 14.1. The van der Waals surface area contributed by atoms with E-state index in [-0.39, 0.29) is 11.4 Å². The monoisotopic (exact) mass is 460 g/mol. The topological polar surface area (TPSA) is 43.1 Å². The predicted molar refractivity (Wildman–Crippen MR) is 109 cm³/mol. The third-order valence-corrected chi connectivity index (χ3v) is 5.55. The van der Waals surface area contributed by atoms with Crippen LogP contribution in [0.5, 0.6) is 0 Å². The molecular formula is C20H21IN4O. The number of aromatic nitrogens is 3. The molecule has 1 amide bonds. The Kier molecular flexibility index (Phi) is 4.17. The van der Waals surface area contributed by atoms with Crippen molar-refractivity contribution in [1.29, 1.82) is 0 Å². The van der Waals surface area contributed by atoms with E-state index in [0.29, 0.717) is 13.1 Å². The zero-order valence-corrected chi connectivity index (χ0v) is 17.3. The Morgan fingerprint density at radius 2 is 1.77 bits per heavy atom. The van der Waals surface area contributed by atoms with Gasteiger partial charge in [-0.3, -0.25) is 4.79 Å². The van der Waals surface area contributed by atoms with E-state index < -0.39 is 0 Å². The maximum atomic E-state index is 13.0. The first-order valence-corrected chi connectivity index (χ1v) is 9.72. The molecule has 0 atom stereocenters. The van der Waals surface area contributed by atoms with Gasteiger partial charge in [-0.05, 0) is 67.6 Å². The predicted octanol–water partition coefficient (Wildman–Crippen LogP) is 4.19. The molecule has 134 valence electrons. The molecule has 1 aliphatic rings. The third-order valence-electron chi connectivity index (χ3n) is 4.61. The van der Waals surface area contributed by atoms with Crippen LogP contribution in [-0.2, 0) is 18.6 Å². The summed E-state index contributed by atoms with van der Waals surface area (Å²) in [5, 5.41) is 4.87. The summed E-state index contributed by atoms with van der Waals surface area (Å²) in [6.45, 7) is 7.59. The van der Waals surface area contributed by atoms with Gasteiger partial charge < -0.3 is 9.47 Å². The highest BCUT2D eigenvalue weighted by Gasteiger charge is 2.34. The second-order valence-corrected chi connectivity index (χ2v) is 8.73. The van der Waals surface area contributed by atoms with Crippen LogP contribution >= 0.6 is 22.6 Å². The molecule has 6 heteroatoms. The molecule has 0 spiro atoms. The quantitative estimate of drug-likeness (QED) is 0.539. The fourth-order valence-corrected chi connectivity index (χ4v) is 3.98. The number of carbonyl (C=O) groups is 1. The summed E-state index contributed by atoms with van der Waals surface area (Å²) in [5.41, 5.74) is 2.75. The lowest BCUT2D eigenvalue weighted by Gasteiger charge is -2.24. The Balaban J connectivity index is 1.73. The zero-order valence-electron chi connectivity index (χ0n) is 15.1. The van der Waals surface area contributed by atoms with Gasteiger partial charge in [-0.25, -0.2) is 4.68 Å². The summed E-state index contributed by atoms with van der Waals surface area (Å²) in [6.07, 6.45) is 4.06. The van der Waals surface area contributed by atoms with Gasteiger partial charge in [0.15, 0.2) is 0 Å². The fourth-order valence-electron chi connectivity index (χ4n) is 3.36. The molecular weight excluding hydrogens is 439 g/mol. The smallest absolute Gasteiger partial charge is 0.255 e. The third kappa shape index (κ3) is 2.86. The van der Waals surface area contributed by atoms with E-state index in [1.54, 1.807) is 0 Å². The fraction of sp³-hybridized carbons (Fsp3) is 0.300. The highest BCUT2D eigenvalue weighted by atomic mass is 127. The van der Waals surface area contributed by atoms with E-state index in [0.717, 1.165) is 26.2 Å². The summed E-state index contributed by atoms with van der Waals surface area (Å²) in [5.74, 6) is 1.12. The summed E-state index contributed by atoms with van der Waals surface area (Å²) in [6, 6.07) is 11.7. The molecule has 3 heterocycles. The van der Waals surface area contributed by atoms with Gasteiger partial charge in [0.2, 0.25) is 0 Å². The summed E-state index contributed by atoms with van der Waals surface area (Å²) in [4.78, 5) is 14.9. The Bertz CT molecular complexity index is 966. The van der Waals surface area contributed by atoms with Crippen molar-refractivity contribution in [2.24, 2.45) is 0 Å². The number of fused-ring (bicyclic) bond motifs is 1. The largest absolute Gasteiger partial charge is 0.328 e. The molecule has 0 N–H and O–H groups in total. The summed E-state index contributed by atoms with van der Waals surface area (Å²) in [7, 11) is 0. The number of amides is 1. The van der Waals surface area contributed by atoms with Crippen molar-refractivity contribution in [1.82, 2.24) is 19.2 Å². The van der Waals surface area contributed by atoms with Gasteiger partial charge in [-0.1, -0.05) is 12.1 Å². The molecule has 3 aromatic rings. The van der Waals surface area contributed by atoms with Crippen LogP contribution in [0, 0.1) is 3.57 Å². The van der Waals surface area contributed by atoms with Gasteiger partial charge in [0, 0.05) is 21.5 Å².